The number of benzene rings is 2. The van der Waals surface area contributed by atoms with Crippen LogP contribution in [0.1, 0.15) is 24.1 Å². The smallest absolute Gasteiger partial charge is 0.271 e. The number of fused-ring (bicyclic) bond motifs is 1. The van der Waals surface area contributed by atoms with Crippen LogP contribution in [0.3, 0.4) is 0 Å². The maximum Gasteiger partial charge on any atom is 0.271 e. The number of ether oxygens (including phenoxy) is 1. The molecule has 8 nitrogen and oxygen atoms in total. The van der Waals surface area contributed by atoms with Gasteiger partial charge in [0.2, 0.25) is 5.69 Å². The van der Waals surface area contributed by atoms with Gasteiger partial charge in [-0.3, -0.25) is 9.36 Å². The molecule has 1 saturated heterocycles. The standard InChI is InChI=1S/C23H23ClN3O2S2.C7H8O3S/c1-25-10-4-3-6-16(25)13-20-27(14-17-7-5-11-29-17)22(28)21(31-20)23-26(2)18-12-15(24)8-9-19(18)30-23;1-6-2-4-7(5-3-6)11(8,9)10/h3-4,6,8-10,12-13,17H,5,7,11,14H2,1-2H3;2-5H,1H3,(H,8,9,10)/q+1;/p-1/b23-21-;. The highest BCUT2D eigenvalue weighted by atomic mass is 35.5. The van der Waals surface area contributed by atoms with Crippen LogP contribution >= 0.6 is 34.7 Å². The number of nitrogens with zero attached hydrogens (tertiary/aromatic N) is 3. The van der Waals surface area contributed by atoms with E-state index in [1.54, 1.807) is 35.2 Å². The fourth-order valence-electron chi connectivity index (χ4n) is 4.67. The average molecular weight is 644 g/mol. The van der Waals surface area contributed by atoms with Gasteiger partial charge in [0.05, 0.1) is 23.2 Å². The van der Waals surface area contributed by atoms with E-state index in [9.17, 15) is 17.8 Å². The Morgan fingerprint density at radius 3 is 2.60 bits per heavy atom. The number of aryl methyl sites for hydroxylation is 2. The number of hydrogen-bond donors (Lipinski definition) is 0. The summed E-state index contributed by atoms with van der Waals surface area (Å²) in [5.74, 6) is 0. The van der Waals surface area contributed by atoms with E-state index in [1.165, 1.54) is 12.1 Å². The third-order valence-electron chi connectivity index (χ3n) is 6.99. The van der Waals surface area contributed by atoms with Crippen LogP contribution in [0.2, 0.25) is 5.02 Å². The molecule has 0 saturated carbocycles. The lowest BCUT2D eigenvalue weighted by atomic mass is 10.2. The van der Waals surface area contributed by atoms with Gasteiger partial charge >= 0.3 is 0 Å². The molecule has 0 N–H and O–H groups in total. The van der Waals surface area contributed by atoms with Crippen molar-refractivity contribution >= 4 is 61.6 Å². The number of rotatable bonds is 4. The van der Waals surface area contributed by atoms with Crippen molar-refractivity contribution in [2.75, 3.05) is 18.6 Å². The Bertz CT molecular complexity index is 1900. The summed E-state index contributed by atoms with van der Waals surface area (Å²) in [6, 6.07) is 17.7. The highest BCUT2D eigenvalue weighted by molar-refractivity contribution is 8.08. The predicted molar refractivity (Wildman–Crippen MR) is 166 cm³/mol. The molecule has 4 heterocycles. The van der Waals surface area contributed by atoms with Crippen molar-refractivity contribution in [3.05, 3.63) is 103 Å². The summed E-state index contributed by atoms with van der Waals surface area (Å²) in [5.41, 5.74) is 3.05. The van der Waals surface area contributed by atoms with Crippen molar-refractivity contribution in [2.24, 2.45) is 7.05 Å². The van der Waals surface area contributed by atoms with Crippen molar-refractivity contribution in [3.63, 3.8) is 0 Å². The highest BCUT2D eigenvalue weighted by Crippen LogP contribution is 2.46. The molecule has 2 aromatic carbocycles. The maximum atomic E-state index is 13.6. The van der Waals surface area contributed by atoms with E-state index < -0.39 is 10.1 Å². The largest absolute Gasteiger partial charge is 0.744 e. The monoisotopic (exact) mass is 643 g/mol. The van der Waals surface area contributed by atoms with Crippen LogP contribution in [0.5, 0.6) is 0 Å². The lowest BCUT2D eigenvalue weighted by Gasteiger charge is -2.12. The van der Waals surface area contributed by atoms with Crippen molar-refractivity contribution in [1.29, 1.82) is 0 Å². The Hall–Kier alpha value is -2.93. The predicted octanol–water partition coefficient (Wildman–Crippen LogP) is 3.60. The topological polar surface area (TPSA) is 95.6 Å². The first-order valence-corrected chi connectivity index (χ1v) is 16.7. The van der Waals surface area contributed by atoms with Crippen LogP contribution in [0.25, 0.3) is 11.1 Å². The molecule has 4 aromatic rings. The number of pyridine rings is 1. The first-order chi connectivity index (χ1) is 20.0. The van der Waals surface area contributed by atoms with E-state index in [0.29, 0.717) is 11.6 Å². The third kappa shape index (κ3) is 6.82. The molecule has 0 spiro atoms. The summed E-state index contributed by atoms with van der Waals surface area (Å²) in [6.45, 7) is 3.18. The van der Waals surface area contributed by atoms with Gasteiger partial charge in [-0.25, -0.2) is 13.0 Å². The molecular weight excluding hydrogens is 614 g/mol. The molecule has 220 valence electrons. The molecule has 6 rings (SSSR count). The lowest BCUT2D eigenvalue weighted by Crippen LogP contribution is -2.37. The van der Waals surface area contributed by atoms with Crippen LogP contribution < -0.4 is 24.2 Å². The quantitative estimate of drug-likeness (QED) is 0.248. The van der Waals surface area contributed by atoms with E-state index in [1.807, 2.05) is 62.1 Å². The van der Waals surface area contributed by atoms with Gasteiger partial charge in [0, 0.05) is 41.8 Å². The molecule has 2 aromatic heterocycles. The average Bonchev–Trinajstić information content (AvgIpc) is 3.65. The summed E-state index contributed by atoms with van der Waals surface area (Å²) < 4.78 is 42.7. The molecule has 0 bridgehead atoms. The number of aromatic nitrogens is 2. The highest BCUT2D eigenvalue weighted by Gasteiger charge is 2.26. The van der Waals surface area contributed by atoms with Crippen molar-refractivity contribution in [1.82, 2.24) is 4.57 Å². The van der Waals surface area contributed by atoms with Crippen molar-refractivity contribution < 1.29 is 22.3 Å². The molecular formula is C30H30ClN3O5S3. The van der Waals surface area contributed by atoms with Gasteiger partial charge in [-0.15, -0.1) is 11.3 Å². The number of halogens is 1. The second-order valence-corrected chi connectivity index (χ2v) is 13.9. The molecule has 2 aliphatic rings. The molecule has 0 amide bonds. The summed E-state index contributed by atoms with van der Waals surface area (Å²) in [4.78, 5) is 16.6. The minimum atomic E-state index is -4.27. The lowest BCUT2D eigenvalue weighted by molar-refractivity contribution is -0.673. The Kier molecular flexibility index (Phi) is 9.26. The molecule has 12 heteroatoms. The van der Waals surface area contributed by atoms with Crippen molar-refractivity contribution in [3.8, 4) is 0 Å². The van der Waals surface area contributed by atoms with Gasteiger partial charge in [-0.05, 0) is 56.2 Å². The van der Waals surface area contributed by atoms with Crippen LogP contribution in [-0.4, -0.2) is 37.3 Å². The maximum absolute atomic E-state index is 13.6. The zero-order chi connectivity index (χ0) is 30.0. The number of thiazole rings is 1. The van der Waals surface area contributed by atoms with Gasteiger partial charge in [0.1, 0.15) is 31.4 Å². The molecule has 0 radical (unpaired) electrons. The summed E-state index contributed by atoms with van der Waals surface area (Å²) >= 11 is 9.38. The Morgan fingerprint density at radius 2 is 1.93 bits per heavy atom. The molecule has 0 aliphatic carbocycles. The van der Waals surface area contributed by atoms with Gasteiger partial charge in [0.15, 0.2) is 6.20 Å². The number of anilines is 1. The van der Waals surface area contributed by atoms with Crippen LogP contribution in [0.4, 0.5) is 5.69 Å². The second-order valence-electron chi connectivity index (χ2n) is 10.0. The summed E-state index contributed by atoms with van der Waals surface area (Å²) in [7, 11) is -0.262. The Morgan fingerprint density at radius 1 is 1.17 bits per heavy atom. The second kappa shape index (κ2) is 12.7. The third-order valence-corrected chi connectivity index (χ3v) is 10.6. The van der Waals surface area contributed by atoms with Gasteiger partial charge in [0.25, 0.3) is 5.56 Å². The van der Waals surface area contributed by atoms with Crippen molar-refractivity contribution in [2.45, 2.75) is 42.2 Å². The van der Waals surface area contributed by atoms with Crippen LogP contribution in [-0.2, 0) is 28.4 Å². The number of hydrogen-bond acceptors (Lipinski definition) is 8. The van der Waals surface area contributed by atoms with E-state index in [-0.39, 0.29) is 16.6 Å². The zero-order valence-corrected chi connectivity index (χ0v) is 26.5. The SMILES string of the molecule is CN1/C(=c2/s/c(=C/c3cccc[n+]3C)n(CC3CCCO3)c2=O)Sc2ccc(Cl)cc21.Cc1ccc(S(=O)(=O)[O-])cc1. The molecule has 1 atom stereocenters. The molecule has 2 aliphatic heterocycles. The number of thioether (sulfide) groups is 1. The van der Waals surface area contributed by atoms with Crippen LogP contribution in [0.15, 0.2) is 81.4 Å². The minimum absolute atomic E-state index is 0.0404. The minimum Gasteiger partial charge on any atom is -0.744 e. The molecule has 42 heavy (non-hydrogen) atoms. The van der Waals surface area contributed by atoms with Crippen LogP contribution in [0, 0.1) is 6.92 Å². The molecule has 1 fully saturated rings. The van der Waals surface area contributed by atoms with Gasteiger partial charge in [-0.1, -0.05) is 41.1 Å². The van der Waals surface area contributed by atoms with E-state index in [2.05, 4.69) is 21.6 Å². The van der Waals surface area contributed by atoms with Gasteiger partial charge < -0.3 is 14.2 Å². The fourth-order valence-corrected chi connectivity index (χ4v) is 7.69. The van der Waals surface area contributed by atoms with E-state index >= 15 is 0 Å². The fraction of sp³-hybridized carbons (Fsp3) is 0.267. The summed E-state index contributed by atoms with van der Waals surface area (Å²) in [5, 5.41) is 1.64. The Balaban J connectivity index is 0.000000271. The first-order valence-electron chi connectivity index (χ1n) is 13.3. The normalized spacial score (nSPS) is 18.2. The van der Waals surface area contributed by atoms with E-state index in [0.717, 1.165) is 55.5 Å². The van der Waals surface area contributed by atoms with E-state index in [4.69, 9.17) is 16.3 Å². The molecule has 1 unspecified atom stereocenters. The Labute approximate surface area is 257 Å². The summed E-state index contributed by atoms with van der Waals surface area (Å²) in [6.07, 6.45) is 6.24. The zero-order valence-electron chi connectivity index (χ0n) is 23.3. The van der Waals surface area contributed by atoms with Gasteiger partial charge in [-0.2, -0.15) is 0 Å². The first kappa shape index (κ1) is 30.5.